The highest BCUT2D eigenvalue weighted by atomic mass is 35.5. The second kappa shape index (κ2) is 5.97. The Kier molecular flexibility index (Phi) is 3.88. The highest BCUT2D eigenvalue weighted by molar-refractivity contribution is 6.30. The van der Waals surface area contributed by atoms with E-state index in [4.69, 9.17) is 11.6 Å². The predicted octanol–water partition coefficient (Wildman–Crippen LogP) is 3.17. The number of rotatable bonds is 4. The third-order valence-electron chi connectivity index (χ3n) is 3.31. The molecule has 3 rings (SSSR count). The zero-order valence-electron chi connectivity index (χ0n) is 11.3. The number of amides is 1. The average molecular weight is 300 g/mol. The van der Waals surface area contributed by atoms with Crippen molar-refractivity contribution in [3.8, 4) is 0 Å². The summed E-state index contributed by atoms with van der Waals surface area (Å²) >= 11 is 5.84. The van der Waals surface area contributed by atoms with Crippen LogP contribution in [0.2, 0.25) is 5.15 Å². The minimum atomic E-state index is -0.177. The number of aromatic nitrogens is 1. The SMILES string of the molecule is O=C1NN=C(CCc2ccccc2)/C1=C\c1ccc(Cl)[nH]1. The third-order valence-corrected chi connectivity index (χ3v) is 3.53. The van der Waals surface area contributed by atoms with E-state index in [-0.39, 0.29) is 5.91 Å². The number of hydrazone groups is 1. The van der Waals surface area contributed by atoms with Crippen LogP contribution in [0.4, 0.5) is 0 Å². The standard InChI is InChI=1S/C16H14ClN3O/c17-15-9-7-12(18-15)10-13-14(19-20-16(13)21)8-6-11-4-2-1-3-5-11/h1-5,7,9-10,18H,6,8H2,(H,20,21)/b13-10+. The van der Waals surface area contributed by atoms with Gasteiger partial charge in [0.2, 0.25) is 0 Å². The molecular formula is C16H14ClN3O. The van der Waals surface area contributed by atoms with Crippen LogP contribution in [0.5, 0.6) is 0 Å². The van der Waals surface area contributed by atoms with Crippen LogP contribution in [0, 0.1) is 0 Å². The monoisotopic (exact) mass is 299 g/mol. The molecule has 1 aliphatic rings. The van der Waals surface area contributed by atoms with Crippen LogP contribution < -0.4 is 5.43 Å². The molecule has 5 heteroatoms. The predicted molar refractivity (Wildman–Crippen MR) is 84.1 cm³/mol. The van der Waals surface area contributed by atoms with Gasteiger partial charge < -0.3 is 4.98 Å². The molecule has 0 saturated heterocycles. The van der Waals surface area contributed by atoms with Crippen LogP contribution in [-0.2, 0) is 11.2 Å². The van der Waals surface area contributed by atoms with Gasteiger partial charge in [0.25, 0.3) is 5.91 Å². The molecule has 0 radical (unpaired) electrons. The summed E-state index contributed by atoms with van der Waals surface area (Å²) in [6, 6.07) is 13.7. The number of aromatic amines is 1. The number of nitrogens with one attached hydrogen (secondary N) is 2. The molecule has 4 nitrogen and oxygen atoms in total. The number of halogens is 1. The topological polar surface area (TPSA) is 57.2 Å². The van der Waals surface area contributed by atoms with Gasteiger partial charge in [-0.25, -0.2) is 5.43 Å². The number of nitrogens with zero attached hydrogens (tertiary/aromatic N) is 1. The number of hydrogen-bond donors (Lipinski definition) is 2. The number of benzene rings is 1. The number of H-pyrrole nitrogens is 1. The fourth-order valence-corrected chi connectivity index (χ4v) is 2.41. The lowest BCUT2D eigenvalue weighted by atomic mass is 10.0. The maximum absolute atomic E-state index is 11.9. The summed E-state index contributed by atoms with van der Waals surface area (Å²) in [6.07, 6.45) is 3.33. The molecule has 1 aliphatic heterocycles. The molecule has 0 fully saturated rings. The van der Waals surface area contributed by atoms with Crippen LogP contribution in [0.15, 0.2) is 53.1 Å². The smallest absolute Gasteiger partial charge is 0.273 e. The van der Waals surface area contributed by atoms with E-state index in [0.717, 1.165) is 17.8 Å². The molecule has 1 amide bonds. The normalized spacial score (nSPS) is 16.1. The maximum Gasteiger partial charge on any atom is 0.273 e. The lowest BCUT2D eigenvalue weighted by Crippen LogP contribution is -2.13. The van der Waals surface area contributed by atoms with E-state index < -0.39 is 0 Å². The molecule has 2 N–H and O–H groups in total. The van der Waals surface area contributed by atoms with Gasteiger partial charge >= 0.3 is 0 Å². The number of hydrogen-bond acceptors (Lipinski definition) is 2. The van der Waals surface area contributed by atoms with Gasteiger partial charge in [-0.3, -0.25) is 4.79 Å². The van der Waals surface area contributed by atoms with Crippen LogP contribution in [0.25, 0.3) is 6.08 Å². The van der Waals surface area contributed by atoms with E-state index in [9.17, 15) is 4.79 Å². The Morgan fingerprint density at radius 3 is 2.62 bits per heavy atom. The van der Waals surface area contributed by atoms with E-state index in [0.29, 0.717) is 17.1 Å². The Bertz CT molecular complexity index is 716. The zero-order valence-corrected chi connectivity index (χ0v) is 12.0. The first-order valence-electron chi connectivity index (χ1n) is 6.70. The van der Waals surface area contributed by atoms with Gasteiger partial charge in [0, 0.05) is 5.69 Å². The molecule has 0 saturated carbocycles. The summed E-state index contributed by atoms with van der Waals surface area (Å²) in [5, 5.41) is 4.66. The Morgan fingerprint density at radius 1 is 1.10 bits per heavy atom. The molecule has 0 atom stereocenters. The van der Waals surface area contributed by atoms with Gasteiger partial charge in [0.1, 0.15) is 5.15 Å². The van der Waals surface area contributed by atoms with Crippen molar-refractivity contribution >= 4 is 29.3 Å². The highest BCUT2D eigenvalue weighted by Crippen LogP contribution is 2.17. The lowest BCUT2D eigenvalue weighted by Gasteiger charge is -2.02. The van der Waals surface area contributed by atoms with Gasteiger partial charge in [0.05, 0.1) is 11.3 Å². The van der Waals surface area contributed by atoms with Crippen molar-refractivity contribution in [1.82, 2.24) is 10.4 Å². The van der Waals surface area contributed by atoms with Gasteiger partial charge in [0.15, 0.2) is 0 Å². The molecule has 2 aromatic rings. The lowest BCUT2D eigenvalue weighted by molar-refractivity contribution is -0.116. The van der Waals surface area contributed by atoms with E-state index in [1.807, 2.05) is 24.3 Å². The molecule has 0 unspecified atom stereocenters. The fourth-order valence-electron chi connectivity index (χ4n) is 2.24. The summed E-state index contributed by atoms with van der Waals surface area (Å²) in [5.74, 6) is -0.177. The number of carbonyl (C=O) groups is 1. The molecule has 1 aromatic carbocycles. The van der Waals surface area contributed by atoms with Gasteiger partial charge in [-0.15, -0.1) is 0 Å². The summed E-state index contributed by atoms with van der Waals surface area (Å²) in [7, 11) is 0. The quantitative estimate of drug-likeness (QED) is 0.837. The van der Waals surface area contributed by atoms with E-state index in [2.05, 4.69) is 27.6 Å². The van der Waals surface area contributed by atoms with E-state index in [1.54, 1.807) is 12.1 Å². The molecule has 1 aromatic heterocycles. The first-order chi connectivity index (χ1) is 10.2. The minimum absolute atomic E-state index is 0.177. The van der Waals surface area contributed by atoms with Crippen molar-refractivity contribution < 1.29 is 4.79 Å². The zero-order chi connectivity index (χ0) is 14.7. The third kappa shape index (κ3) is 3.23. The molecule has 0 bridgehead atoms. The second-order valence-electron chi connectivity index (χ2n) is 4.80. The Balaban J connectivity index is 1.75. The molecule has 2 heterocycles. The van der Waals surface area contributed by atoms with E-state index in [1.165, 1.54) is 5.56 Å². The summed E-state index contributed by atoms with van der Waals surface area (Å²) in [4.78, 5) is 14.8. The van der Waals surface area contributed by atoms with Crippen LogP contribution in [0.3, 0.4) is 0 Å². The van der Waals surface area contributed by atoms with Crippen molar-refractivity contribution in [3.63, 3.8) is 0 Å². The second-order valence-corrected chi connectivity index (χ2v) is 5.21. The van der Waals surface area contributed by atoms with Crippen LogP contribution in [0.1, 0.15) is 17.7 Å². The van der Waals surface area contributed by atoms with Gasteiger partial charge in [-0.2, -0.15) is 5.10 Å². The highest BCUT2D eigenvalue weighted by Gasteiger charge is 2.22. The number of aryl methyl sites for hydroxylation is 1. The van der Waals surface area contributed by atoms with Crippen molar-refractivity contribution in [1.29, 1.82) is 0 Å². The molecule has 21 heavy (non-hydrogen) atoms. The molecule has 0 spiro atoms. The molecular weight excluding hydrogens is 286 g/mol. The Hall–Kier alpha value is -2.33. The Morgan fingerprint density at radius 2 is 1.90 bits per heavy atom. The molecule has 106 valence electrons. The largest absolute Gasteiger partial charge is 0.346 e. The number of carbonyl (C=O) groups excluding carboxylic acids is 1. The Labute approximate surface area is 127 Å². The van der Waals surface area contributed by atoms with Crippen molar-refractivity contribution in [3.05, 3.63) is 64.4 Å². The first-order valence-corrected chi connectivity index (χ1v) is 7.07. The summed E-state index contributed by atoms with van der Waals surface area (Å²) in [6.45, 7) is 0. The van der Waals surface area contributed by atoms with Gasteiger partial charge in [-0.05, 0) is 36.6 Å². The fraction of sp³-hybridized carbons (Fsp3) is 0.125. The van der Waals surface area contributed by atoms with Crippen molar-refractivity contribution in [2.75, 3.05) is 0 Å². The molecule has 0 aliphatic carbocycles. The van der Waals surface area contributed by atoms with Crippen LogP contribution in [-0.4, -0.2) is 16.6 Å². The first kappa shape index (κ1) is 13.6. The minimum Gasteiger partial charge on any atom is -0.346 e. The summed E-state index contributed by atoms with van der Waals surface area (Å²) < 4.78 is 0. The summed E-state index contributed by atoms with van der Waals surface area (Å²) in [5.41, 5.74) is 5.89. The average Bonchev–Trinajstić information content (AvgIpc) is 3.06. The van der Waals surface area contributed by atoms with Crippen LogP contribution >= 0.6 is 11.6 Å². The van der Waals surface area contributed by atoms with Crippen molar-refractivity contribution in [2.45, 2.75) is 12.8 Å². The van der Waals surface area contributed by atoms with E-state index >= 15 is 0 Å². The van der Waals surface area contributed by atoms with Crippen molar-refractivity contribution in [2.24, 2.45) is 5.10 Å². The van der Waals surface area contributed by atoms with Gasteiger partial charge in [-0.1, -0.05) is 41.9 Å². The maximum atomic E-state index is 11.9.